The summed E-state index contributed by atoms with van der Waals surface area (Å²) in [5.74, 6) is 0.859. The number of hydrogen-bond donors (Lipinski definition) is 0. The highest BCUT2D eigenvalue weighted by Gasteiger charge is 2.24. The molecule has 7 heteroatoms. The summed E-state index contributed by atoms with van der Waals surface area (Å²) in [4.78, 5) is 27.8. The highest BCUT2D eigenvalue weighted by Crippen LogP contribution is 2.17. The maximum absolute atomic E-state index is 13.3. The molecule has 152 valence electrons. The number of rotatable bonds is 8. The van der Waals surface area contributed by atoms with Crippen LogP contribution in [0.1, 0.15) is 36.7 Å². The zero-order valence-electron chi connectivity index (χ0n) is 16.9. The van der Waals surface area contributed by atoms with E-state index >= 15 is 0 Å². The predicted molar refractivity (Wildman–Crippen MR) is 121 cm³/mol. The van der Waals surface area contributed by atoms with E-state index in [-0.39, 0.29) is 11.9 Å². The lowest BCUT2D eigenvalue weighted by atomic mass is 10.0. The van der Waals surface area contributed by atoms with Crippen LogP contribution in [-0.4, -0.2) is 47.0 Å². The molecule has 0 aliphatic rings. The topological polar surface area (TPSA) is 67.2 Å². The highest BCUT2D eigenvalue weighted by atomic mass is 79.9. The van der Waals surface area contributed by atoms with Crippen molar-refractivity contribution in [1.82, 2.24) is 9.88 Å². The van der Waals surface area contributed by atoms with Gasteiger partial charge in [0.25, 0.3) is 5.91 Å². The molecule has 29 heavy (non-hydrogen) atoms. The number of pyridine rings is 1. The molecule has 2 rings (SSSR count). The second-order valence-corrected chi connectivity index (χ2v) is 7.05. The van der Waals surface area contributed by atoms with E-state index in [4.69, 9.17) is 4.74 Å². The van der Waals surface area contributed by atoms with Gasteiger partial charge in [-0.15, -0.1) is 0 Å². The fraction of sp³-hybridized carbons (Fsp3) is 0.273. The minimum atomic E-state index is -0.152. The average molecular weight is 457 g/mol. The fourth-order valence-corrected chi connectivity index (χ4v) is 3.03. The summed E-state index contributed by atoms with van der Waals surface area (Å²) in [6.07, 6.45) is 4.74. The number of amides is 1. The van der Waals surface area contributed by atoms with Gasteiger partial charge in [0, 0.05) is 41.3 Å². The molecule has 1 amide bonds. The zero-order valence-corrected chi connectivity index (χ0v) is 18.5. The normalized spacial score (nSPS) is 12.6. The first kappa shape index (κ1) is 22.5. The van der Waals surface area contributed by atoms with Gasteiger partial charge in [0.05, 0.1) is 11.6 Å². The number of carbonyl (C=O) groups is 1. The standard InChI is InChI=1S/C22H25BrN4O2/c1-5-24-21(25-6-2)18-10-8-9-11-19(18)22(28)27(7-3)16(4)15-29-20-13-12-17(23)14-26-20/h5-6,8-14,16H,1,7,15H2,2-4H3/t16-/m0/s1. The van der Waals surface area contributed by atoms with Crippen molar-refractivity contribution in [2.45, 2.75) is 26.8 Å². The third-order valence-electron chi connectivity index (χ3n) is 4.17. The Hall–Kier alpha value is -2.80. The van der Waals surface area contributed by atoms with Crippen LogP contribution in [0.2, 0.25) is 0 Å². The van der Waals surface area contributed by atoms with Gasteiger partial charge in [0.2, 0.25) is 5.88 Å². The Morgan fingerprint density at radius 2 is 2.03 bits per heavy atom. The average Bonchev–Trinajstić information content (AvgIpc) is 2.73. The van der Waals surface area contributed by atoms with Crippen molar-refractivity contribution in [3.05, 3.63) is 71.0 Å². The Morgan fingerprint density at radius 1 is 1.31 bits per heavy atom. The Morgan fingerprint density at radius 3 is 2.62 bits per heavy atom. The van der Waals surface area contributed by atoms with Gasteiger partial charge >= 0.3 is 0 Å². The molecule has 2 aromatic rings. The maximum Gasteiger partial charge on any atom is 0.254 e. The number of nitrogens with zero attached hydrogens (tertiary/aromatic N) is 4. The van der Waals surface area contributed by atoms with Crippen LogP contribution in [-0.2, 0) is 0 Å². The summed E-state index contributed by atoms with van der Waals surface area (Å²) in [5, 5.41) is 0. The molecule has 0 fully saturated rings. The molecule has 6 nitrogen and oxygen atoms in total. The number of benzene rings is 1. The van der Waals surface area contributed by atoms with Gasteiger partial charge in [0.1, 0.15) is 6.61 Å². The van der Waals surface area contributed by atoms with E-state index in [9.17, 15) is 4.79 Å². The van der Waals surface area contributed by atoms with Crippen LogP contribution < -0.4 is 4.74 Å². The Kier molecular flexibility index (Phi) is 8.73. The minimum Gasteiger partial charge on any atom is -0.475 e. The zero-order chi connectivity index (χ0) is 21.2. The third kappa shape index (κ3) is 6.09. The molecule has 0 saturated carbocycles. The largest absolute Gasteiger partial charge is 0.475 e. The molecule has 0 spiro atoms. The van der Waals surface area contributed by atoms with Gasteiger partial charge in [-0.25, -0.2) is 15.0 Å². The number of carbonyl (C=O) groups excluding carboxylic acids is 1. The fourth-order valence-electron chi connectivity index (χ4n) is 2.80. The summed E-state index contributed by atoms with van der Waals surface area (Å²) < 4.78 is 6.64. The smallest absolute Gasteiger partial charge is 0.254 e. The van der Waals surface area contributed by atoms with E-state index < -0.39 is 0 Å². The predicted octanol–water partition coefficient (Wildman–Crippen LogP) is 4.75. The van der Waals surface area contributed by atoms with Gasteiger partial charge < -0.3 is 9.64 Å². The summed E-state index contributed by atoms with van der Waals surface area (Å²) in [6.45, 7) is 10.2. The summed E-state index contributed by atoms with van der Waals surface area (Å²) in [6, 6.07) is 10.8. The first-order valence-electron chi connectivity index (χ1n) is 9.33. The number of amidine groups is 1. The lowest BCUT2D eigenvalue weighted by Crippen LogP contribution is -2.42. The SMILES string of the molecule is C=CN=C(N=CC)c1ccccc1C(=O)N(CC)[C@@H](C)COc1ccc(Br)cn1. The number of aromatic nitrogens is 1. The van der Waals surface area contributed by atoms with Gasteiger partial charge in [-0.1, -0.05) is 24.8 Å². The van der Waals surface area contributed by atoms with Crippen molar-refractivity contribution in [1.29, 1.82) is 0 Å². The first-order chi connectivity index (χ1) is 14.0. The van der Waals surface area contributed by atoms with Crippen LogP contribution in [0.5, 0.6) is 5.88 Å². The van der Waals surface area contributed by atoms with Gasteiger partial charge in [-0.3, -0.25) is 4.79 Å². The van der Waals surface area contributed by atoms with Gasteiger partial charge in [-0.2, -0.15) is 0 Å². The van der Waals surface area contributed by atoms with Crippen LogP contribution in [0.15, 0.2) is 69.8 Å². The molecule has 1 aromatic heterocycles. The van der Waals surface area contributed by atoms with Crippen LogP contribution in [0.3, 0.4) is 0 Å². The number of aliphatic imine (C=N–C) groups is 2. The quantitative estimate of drug-likeness (QED) is 0.424. The molecule has 0 N–H and O–H groups in total. The van der Waals surface area contributed by atoms with Crippen molar-refractivity contribution in [3.8, 4) is 5.88 Å². The molecule has 0 bridgehead atoms. The summed E-state index contributed by atoms with van der Waals surface area (Å²) in [7, 11) is 0. The number of hydrogen-bond acceptors (Lipinski definition) is 4. The molecule has 0 aliphatic carbocycles. The van der Waals surface area contributed by atoms with Crippen LogP contribution in [0.4, 0.5) is 0 Å². The Labute approximate surface area is 180 Å². The van der Waals surface area contributed by atoms with E-state index in [0.29, 0.717) is 36.0 Å². The van der Waals surface area contributed by atoms with Crippen molar-refractivity contribution >= 4 is 33.9 Å². The lowest BCUT2D eigenvalue weighted by Gasteiger charge is -2.28. The number of ether oxygens (including phenoxy) is 1. The highest BCUT2D eigenvalue weighted by molar-refractivity contribution is 9.10. The Bertz CT molecular complexity index is 894. The molecular formula is C22H25BrN4O2. The molecule has 0 radical (unpaired) electrons. The first-order valence-corrected chi connectivity index (χ1v) is 10.1. The van der Waals surface area contributed by atoms with Crippen LogP contribution in [0, 0.1) is 0 Å². The minimum absolute atomic E-state index is 0.106. The molecule has 1 heterocycles. The van der Waals surface area contributed by atoms with E-state index in [1.165, 1.54) is 6.20 Å². The molecule has 0 aliphatic heterocycles. The van der Waals surface area contributed by atoms with Crippen molar-refractivity contribution < 1.29 is 9.53 Å². The van der Waals surface area contributed by atoms with Crippen molar-refractivity contribution in [2.75, 3.05) is 13.2 Å². The molecule has 0 saturated heterocycles. The number of likely N-dealkylation sites (N-methyl/N-ethyl adjacent to an activating group) is 1. The van der Waals surface area contributed by atoms with Gasteiger partial charge in [-0.05, 0) is 48.8 Å². The van der Waals surface area contributed by atoms with Crippen molar-refractivity contribution in [2.24, 2.45) is 9.98 Å². The second-order valence-electron chi connectivity index (χ2n) is 6.13. The number of halogens is 1. The van der Waals surface area contributed by atoms with Crippen molar-refractivity contribution in [3.63, 3.8) is 0 Å². The summed E-state index contributed by atoms with van der Waals surface area (Å²) in [5.41, 5.74) is 1.20. The van der Waals surface area contributed by atoms with E-state index in [1.807, 2.05) is 38.1 Å². The van der Waals surface area contributed by atoms with Crippen LogP contribution in [0.25, 0.3) is 0 Å². The van der Waals surface area contributed by atoms with Crippen LogP contribution >= 0.6 is 15.9 Å². The van der Waals surface area contributed by atoms with E-state index in [0.717, 1.165) is 4.47 Å². The summed E-state index contributed by atoms with van der Waals surface area (Å²) >= 11 is 3.35. The Balaban J connectivity index is 2.23. The molecule has 1 aromatic carbocycles. The molecule has 1 atom stereocenters. The van der Waals surface area contributed by atoms with E-state index in [2.05, 4.69) is 37.5 Å². The maximum atomic E-state index is 13.3. The monoisotopic (exact) mass is 456 g/mol. The third-order valence-corrected chi connectivity index (χ3v) is 4.64. The molecule has 0 unspecified atom stereocenters. The lowest BCUT2D eigenvalue weighted by molar-refractivity contribution is 0.0646. The second kappa shape index (κ2) is 11.3. The van der Waals surface area contributed by atoms with E-state index in [1.54, 1.807) is 36.4 Å². The molecular weight excluding hydrogens is 432 g/mol. The van der Waals surface area contributed by atoms with Gasteiger partial charge in [0.15, 0.2) is 5.84 Å².